The van der Waals surface area contributed by atoms with Crippen LogP contribution < -0.4 is 5.32 Å². The number of nitrogens with one attached hydrogen (secondary N) is 1. The van der Waals surface area contributed by atoms with Crippen LogP contribution in [0.4, 0.5) is 10.1 Å². The van der Waals surface area contributed by atoms with Crippen molar-refractivity contribution in [2.75, 3.05) is 0 Å². The van der Waals surface area contributed by atoms with Crippen molar-refractivity contribution < 1.29 is 18.6 Å². The number of carbonyl (C=O) groups is 1. The third kappa shape index (κ3) is 4.29. The number of aromatic nitrogens is 1. The van der Waals surface area contributed by atoms with Gasteiger partial charge in [-0.3, -0.25) is 14.9 Å². The maximum absolute atomic E-state index is 12.9. The van der Waals surface area contributed by atoms with Crippen molar-refractivity contribution in [3.05, 3.63) is 81.8 Å². The maximum atomic E-state index is 12.9. The lowest BCUT2D eigenvalue weighted by molar-refractivity contribution is -0.384. The number of amides is 1. The van der Waals surface area contributed by atoms with Crippen molar-refractivity contribution in [3.8, 4) is 11.3 Å². The minimum atomic E-state index is -0.493. The highest BCUT2D eigenvalue weighted by molar-refractivity contribution is 5.78. The van der Waals surface area contributed by atoms with Crippen LogP contribution in [0.15, 0.2) is 59.1 Å². The molecule has 0 saturated heterocycles. The molecule has 3 rings (SSSR count). The van der Waals surface area contributed by atoms with Crippen LogP contribution in [0.25, 0.3) is 11.3 Å². The number of hydrogen-bond acceptors (Lipinski definition) is 5. The van der Waals surface area contributed by atoms with Gasteiger partial charge in [-0.1, -0.05) is 17.3 Å². The maximum Gasteiger partial charge on any atom is 0.269 e. The van der Waals surface area contributed by atoms with E-state index in [9.17, 15) is 19.3 Å². The van der Waals surface area contributed by atoms with Crippen molar-refractivity contribution in [2.45, 2.75) is 13.0 Å². The van der Waals surface area contributed by atoms with Gasteiger partial charge in [0.25, 0.3) is 5.69 Å². The number of rotatable bonds is 6. The number of hydrogen-bond donors (Lipinski definition) is 1. The molecule has 7 nitrogen and oxygen atoms in total. The zero-order chi connectivity index (χ0) is 18.5. The Morgan fingerprint density at radius 3 is 2.50 bits per heavy atom. The van der Waals surface area contributed by atoms with Gasteiger partial charge in [0.05, 0.1) is 17.9 Å². The molecule has 0 unspecified atom stereocenters. The number of nitrogens with zero attached hydrogens (tertiary/aromatic N) is 2. The Bertz CT molecular complexity index is 920. The lowest BCUT2D eigenvalue weighted by Gasteiger charge is -2.03. The zero-order valence-electron chi connectivity index (χ0n) is 13.5. The highest BCUT2D eigenvalue weighted by Crippen LogP contribution is 2.20. The summed E-state index contributed by atoms with van der Waals surface area (Å²) in [5.74, 6) is -0.109. The second-order valence-electron chi connectivity index (χ2n) is 5.57. The first-order valence-electron chi connectivity index (χ1n) is 7.73. The molecule has 0 aliphatic heterocycles. The normalized spacial score (nSPS) is 10.5. The van der Waals surface area contributed by atoms with E-state index in [1.807, 2.05) is 0 Å². The van der Waals surface area contributed by atoms with Gasteiger partial charge in [-0.05, 0) is 29.8 Å². The molecule has 8 heteroatoms. The topological polar surface area (TPSA) is 98.3 Å². The van der Waals surface area contributed by atoms with Gasteiger partial charge in [-0.2, -0.15) is 0 Å². The molecule has 0 bridgehead atoms. The SMILES string of the molecule is O=C(Cc1ccc([N+](=O)[O-])cc1)NCc1cc(-c2ccc(F)cc2)on1. The summed E-state index contributed by atoms with van der Waals surface area (Å²) in [5, 5.41) is 17.2. The number of benzene rings is 2. The van der Waals surface area contributed by atoms with Crippen LogP contribution in [0.3, 0.4) is 0 Å². The zero-order valence-corrected chi connectivity index (χ0v) is 13.5. The van der Waals surface area contributed by atoms with E-state index in [0.717, 1.165) is 0 Å². The summed E-state index contributed by atoms with van der Waals surface area (Å²) in [7, 11) is 0. The van der Waals surface area contributed by atoms with E-state index >= 15 is 0 Å². The van der Waals surface area contributed by atoms with Crippen LogP contribution in [0, 0.1) is 15.9 Å². The Morgan fingerprint density at radius 2 is 1.85 bits per heavy atom. The monoisotopic (exact) mass is 355 g/mol. The van der Waals surface area contributed by atoms with Crippen LogP contribution in [-0.2, 0) is 17.8 Å². The molecular formula is C18H14FN3O4. The van der Waals surface area contributed by atoms with Crippen LogP contribution in [0.2, 0.25) is 0 Å². The van der Waals surface area contributed by atoms with Gasteiger partial charge >= 0.3 is 0 Å². The molecule has 0 spiro atoms. The van der Waals surface area contributed by atoms with Crippen molar-refractivity contribution in [1.29, 1.82) is 0 Å². The molecule has 132 valence electrons. The molecule has 1 heterocycles. The summed E-state index contributed by atoms with van der Waals surface area (Å²) < 4.78 is 18.1. The number of halogens is 1. The average molecular weight is 355 g/mol. The first-order valence-corrected chi connectivity index (χ1v) is 7.73. The van der Waals surface area contributed by atoms with E-state index in [1.54, 1.807) is 30.3 Å². The third-order valence-electron chi connectivity index (χ3n) is 3.67. The lowest BCUT2D eigenvalue weighted by atomic mass is 10.1. The Kier molecular flexibility index (Phi) is 5.02. The molecule has 0 radical (unpaired) electrons. The quantitative estimate of drug-likeness (QED) is 0.541. The Balaban J connectivity index is 1.54. The molecule has 1 amide bonds. The summed E-state index contributed by atoms with van der Waals surface area (Å²) in [6.07, 6.45) is 0.0979. The molecule has 0 atom stereocenters. The van der Waals surface area contributed by atoms with Gasteiger partial charge in [0.15, 0.2) is 5.76 Å². The Morgan fingerprint density at radius 1 is 1.15 bits per heavy atom. The van der Waals surface area contributed by atoms with Gasteiger partial charge in [-0.15, -0.1) is 0 Å². The summed E-state index contributed by atoms with van der Waals surface area (Å²) in [6, 6.07) is 13.3. The van der Waals surface area contributed by atoms with Crippen molar-refractivity contribution in [2.24, 2.45) is 0 Å². The predicted molar refractivity (Wildman–Crippen MR) is 90.5 cm³/mol. The van der Waals surface area contributed by atoms with Crippen LogP contribution in [0.1, 0.15) is 11.3 Å². The van der Waals surface area contributed by atoms with Crippen LogP contribution >= 0.6 is 0 Å². The predicted octanol–water partition coefficient (Wildman–Crippen LogP) is 3.25. The first kappa shape index (κ1) is 17.3. The van der Waals surface area contributed by atoms with Crippen molar-refractivity contribution in [3.63, 3.8) is 0 Å². The van der Waals surface area contributed by atoms with Gasteiger partial charge < -0.3 is 9.84 Å². The molecule has 0 saturated carbocycles. The van der Waals surface area contributed by atoms with Crippen molar-refractivity contribution in [1.82, 2.24) is 10.5 Å². The van der Waals surface area contributed by atoms with Gasteiger partial charge in [0, 0.05) is 23.8 Å². The highest BCUT2D eigenvalue weighted by atomic mass is 19.1. The smallest absolute Gasteiger partial charge is 0.269 e. The Hall–Kier alpha value is -3.55. The summed E-state index contributed by atoms with van der Waals surface area (Å²) in [6.45, 7) is 0.177. The fourth-order valence-corrected chi connectivity index (χ4v) is 2.32. The standard InChI is InChI=1S/C18H14FN3O4/c19-14-5-3-13(4-6-14)17-10-15(21-26-17)11-20-18(23)9-12-1-7-16(8-2-12)22(24)25/h1-8,10H,9,11H2,(H,20,23). The Labute approximate surface area is 147 Å². The molecule has 26 heavy (non-hydrogen) atoms. The van der Waals surface area contributed by atoms with Crippen LogP contribution in [0.5, 0.6) is 0 Å². The number of nitro benzene ring substituents is 1. The second-order valence-corrected chi connectivity index (χ2v) is 5.57. The minimum Gasteiger partial charge on any atom is -0.356 e. The summed E-state index contributed by atoms with van der Waals surface area (Å²) in [5.41, 5.74) is 1.86. The highest BCUT2D eigenvalue weighted by Gasteiger charge is 2.10. The van der Waals surface area contributed by atoms with E-state index in [4.69, 9.17) is 4.52 Å². The van der Waals surface area contributed by atoms with E-state index in [1.165, 1.54) is 24.3 Å². The fraction of sp³-hybridized carbons (Fsp3) is 0.111. The molecule has 1 aromatic heterocycles. The second kappa shape index (κ2) is 7.56. The van der Waals surface area contributed by atoms with Gasteiger partial charge in [0.2, 0.25) is 5.91 Å². The molecule has 0 fully saturated rings. The van der Waals surface area contributed by atoms with E-state index in [-0.39, 0.29) is 30.4 Å². The third-order valence-corrected chi connectivity index (χ3v) is 3.67. The summed E-state index contributed by atoms with van der Waals surface area (Å²) >= 11 is 0. The van der Waals surface area contributed by atoms with Gasteiger partial charge in [-0.25, -0.2) is 4.39 Å². The molecule has 3 aromatic rings. The number of non-ortho nitro benzene ring substituents is 1. The van der Waals surface area contributed by atoms with E-state index in [0.29, 0.717) is 22.6 Å². The number of carbonyl (C=O) groups excluding carboxylic acids is 1. The average Bonchev–Trinajstić information content (AvgIpc) is 3.10. The van der Waals surface area contributed by atoms with Gasteiger partial charge in [0.1, 0.15) is 11.5 Å². The van der Waals surface area contributed by atoms with E-state index in [2.05, 4.69) is 10.5 Å². The van der Waals surface area contributed by atoms with E-state index < -0.39 is 4.92 Å². The largest absolute Gasteiger partial charge is 0.356 e. The summed E-state index contributed by atoms with van der Waals surface area (Å²) in [4.78, 5) is 22.1. The molecule has 1 N–H and O–H groups in total. The van der Waals surface area contributed by atoms with Crippen molar-refractivity contribution >= 4 is 11.6 Å². The molecule has 0 aliphatic rings. The molecule has 0 aliphatic carbocycles. The molecule has 2 aromatic carbocycles. The van der Waals surface area contributed by atoms with Crippen LogP contribution in [-0.4, -0.2) is 16.0 Å². The molecular weight excluding hydrogens is 341 g/mol. The number of nitro groups is 1. The lowest BCUT2D eigenvalue weighted by Crippen LogP contribution is -2.24. The first-order chi connectivity index (χ1) is 12.5. The minimum absolute atomic E-state index is 0.0231. The fourth-order valence-electron chi connectivity index (χ4n) is 2.32.